The number of phenols is 1. The normalized spacial score (nSPS) is 18.0. The molecule has 170 valence electrons. The maximum atomic E-state index is 12.9. The molecule has 6 nitrogen and oxygen atoms in total. The molecule has 6 heteroatoms. The van der Waals surface area contributed by atoms with Crippen LogP contribution in [0.5, 0.6) is 11.5 Å². The first-order valence-corrected chi connectivity index (χ1v) is 11.5. The highest BCUT2D eigenvalue weighted by molar-refractivity contribution is 5.92. The third-order valence-corrected chi connectivity index (χ3v) is 6.86. The van der Waals surface area contributed by atoms with E-state index in [2.05, 4.69) is 17.1 Å². The number of rotatable bonds is 5. The molecule has 2 aromatic carbocycles. The third kappa shape index (κ3) is 4.07. The highest BCUT2D eigenvalue weighted by atomic mass is 16.3. The topological polar surface area (TPSA) is 93.9 Å². The van der Waals surface area contributed by atoms with Crippen molar-refractivity contribution in [2.24, 2.45) is 0 Å². The molecule has 1 aliphatic carbocycles. The molecule has 5 rings (SSSR count). The molecule has 1 atom stereocenters. The van der Waals surface area contributed by atoms with E-state index in [1.807, 2.05) is 18.2 Å². The van der Waals surface area contributed by atoms with Gasteiger partial charge in [0.1, 0.15) is 17.2 Å². The van der Waals surface area contributed by atoms with Gasteiger partial charge in [0.05, 0.1) is 12.3 Å². The molecule has 2 heterocycles. The zero-order chi connectivity index (χ0) is 23.1. The van der Waals surface area contributed by atoms with Gasteiger partial charge in [-0.1, -0.05) is 24.3 Å². The molecule has 3 aromatic rings. The Balaban J connectivity index is 1.42. The maximum Gasteiger partial charge on any atom is 0.272 e. The first-order valence-electron chi connectivity index (χ1n) is 11.5. The van der Waals surface area contributed by atoms with E-state index in [-0.39, 0.29) is 29.9 Å². The Morgan fingerprint density at radius 3 is 2.55 bits per heavy atom. The average Bonchev–Trinajstić information content (AvgIpc) is 3.56. The molecule has 1 amide bonds. The van der Waals surface area contributed by atoms with Crippen LogP contribution in [0.4, 0.5) is 0 Å². The number of hydrogen-bond donors (Lipinski definition) is 3. The second-order valence-corrected chi connectivity index (χ2v) is 9.13. The second-order valence-electron chi connectivity index (χ2n) is 9.13. The van der Waals surface area contributed by atoms with Gasteiger partial charge in [-0.3, -0.25) is 4.79 Å². The fraction of sp³-hybridized carbons (Fsp3) is 0.333. The molecule has 2 fully saturated rings. The summed E-state index contributed by atoms with van der Waals surface area (Å²) < 4.78 is 0. The second kappa shape index (κ2) is 8.52. The number of aromatic hydroxyl groups is 2. The molecule has 3 N–H and O–H groups in total. The number of aryl methyl sites for hydroxylation is 1. The van der Waals surface area contributed by atoms with E-state index in [4.69, 9.17) is 0 Å². The van der Waals surface area contributed by atoms with Crippen molar-refractivity contribution >= 4 is 5.91 Å². The quantitative estimate of drug-likeness (QED) is 0.540. The molecule has 1 aromatic heterocycles. The number of aliphatic hydroxyl groups excluding tert-OH is 1. The molecule has 2 aliphatic rings. The summed E-state index contributed by atoms with van der Waals surface area (Å²) in [5.41, 5.74) is 5.45. The molecule has 1 saturated carbocycles. The molecule has 0 radical (unpaired) electrons. The number of carbonyl (C=O) groups is 1. The van der Waals surface area contributed by atoms with Gasteiger partial charge < -0.3 is 20.2 Å². The number of hydrogen-bond acceptors (Lipinski definition) is 5. The van der Waals surface area contributed by atoms with Crippen LogP contribution in [0.3, 0.4) is 0 Å². The summed E-state index contributed by atoms with van der Waals surface area (Å²) in [6.07, 6.45) is 3.08. The number of benzene rings is 2. The highest BCUT2D eigenvalue weighted by Crippen LogP contribution is 2.46. The summed E-state index contributed by atoms with van der Waals surface area (Å²) in [5.74, 6) is 0.543. The summed E-state index contributed by atoms with van der Waals surface area (Å²) in [4.78, 5) is 18.9. The van der Waals surface area contributed by atoms with Crippen LogP contribution in [0.25, 0.3) is 11.1 Å². The van der Waals surface area contributed by atoms with E-state index >= 15 is 0 Å². The highest BCUT2D eigenvalue weighted by Gasteiger charge is 2.32. The SMILES string of the molecule is Cc1nc(C(=O)N2CCC(c3c(O)cc(-c4ccccc4C4CC4)cc3CO)C2)ccc1O. The van der Waals surface area contributed by atoms with Crippen LogP contribution in [-0.2, 0) is 6.61 Å². The molecule has 33 heavy (non-hydrogen) atoms. The zero-order valence-electron chi connectivity index (χ0n) is 18.7. The fourth-order valence-electron chi connectivity index (χ4n) is 4.98. The van der Waals surface area contributed by atoms with Crippen molar-refractivity contribution in [3.63, 3.8) is 0 Å². The monoisotopic (exact) mass is 444 g/mol. The van der Waals surface area contributed by atoms with Gasteiger partial charge in [-0.25, -0.2) is 4.98 Å². The van der Waals surface area contributed by atoms with Gasteiger partial charge in [0.25, 0.3) is 5.91 Å². The summed E-state index contributed by atoms with van der Waals surface area (Å²) in [6, 6.07) is 15.1. The number of aliphatic hydroxyl groups is 1. The number of amides is 1. The van der Waals surface area contributed by atoms with E-state index in [1.54, 1.807) is 17.9 Å². The van der Waals surface area contributed by atoms with Gasteiger partial charge in [0.15, 0.2) is 0 Å². The largest absolute Gasteiger partial charge is 0.508 e. The number of aromatic nitrogens is 1. The Kier molecular flexibility index (Phi) is 5.54. The van der Waals surface area contributed by atoms with Gasteiger partial charge in [0, 0.05) is 24.6 Å². The zero-order valence-corrected chi connectivity index (χ0v) is 18.7. The summed E-state index contributed by atoms with van der Waals surface area (Å²) in [6.45, 7) is 2.47. The summed E-state index contributed by atoms with van der Waals surface area (Å²) in [7, 11) is 0. The molecular formula is C27H28N2O4. The van der Waals surface area contributed by atoms with Crippen LogP contribution in [0.1, 0.15) is 64.0 Å². The van der Waals surface area contributed by atoms with Crippen LogP contribution in [0.15, 0.2) is 48.5 Å². The average molecular weight is 445 g/mol. The minimum atomic E-state index is -0.194. The molecule has 1 aliphatic heterocycles. The molecule has 0 bridgehead atoms. The Hall–Kier alpha value is -3.38. The van der Waals surface area contributed by atoms with Gasteiger partial charge in [-0.2, -0.15) is 0 Å². The first kappa shape index (κ1) is 21.5. The number of likely N-dealkylation sites (tertiary alicyclic amines) is 1. The minimum Gasteiger partial charge on any atom is -0.508 e. The van der Waals surface area contributed by atoms with Gasteiger partial charge >= 0.3 is 0 Å². The number of phenolic OH excluding ortho intramolecular Hbond substituents is 1. The van der Waals surface area contributed by atoms with Crippen molar-refractivity contribution in [1.82, 2.24) is 9.88 Å². The van der Waals surface area contributed by atoms with E-state index in [1.165, 1.54) is 30.5 Å². The van der Waals surface area contributed by atoms with Crippen molar-refractivity contribution in [2.45, 2.75) is 44.6 Å². The Morgan fingerprint density at radius 2 is 1.82 bits per heavy atom. The lowest BCUT2D eigenvalue weighted by Gasteiger charge is -2.20. The van der Waals surface area contributed by atoms with Crippen molar-refractivity contribution in [1.29, 1.82) is 0 Å². The number of carbonyl (C=O) groups excluding carboxylic acids is 1. The predicted molar refractivity (Wildman–Crippen MR) is 125 cm³/mol. The van der Waals surface area contributed by atoms with E-state index in [0.29, 0.717) is 42.4 Å². The number of nitrogens with zero attached hydrogens (tertiary/aromatic N) is 2. The summed E-state index contributed by atoms with van der Waals surface area (Å²) >= 11 is 0. The van der Waals surface area contributed by atoms with Gasteiger partial charge in [-0.15, -0.1) is 0 Å². The lowest BCUT2D eigenvalue weighted by molar-refractivity contribution is 0.0784. The van der Waals surface area contributed by atoms with E-state index in [9.17, 15) is 20.1 Å². The van der Waals surface area contributed by atoms with Crippen LogP contribution in [0, 0.1) is 6.92 Å². The van der Waals surface area contributed by atoms with Crippen molar-refractivity contribution in [2.75, 3.05) is 13.1 Å². The smallest absolute Gasteiger partial charge is 0.272 e. The first-order chi connectivity index (χ1) is 16.0. The third-order valence-electron chi connectivity index (χ3n) is 6.86. The Bertz CT molecular complexity index is 1220. The van der Waals surface area contributed by atoms with Gasteiger partial charge in [0.2, 0.25) is 0 Å². The lowest BCUT2D eigenvalue weighted by Crippen LogP contribution is -2.29. The molecule has 0 spiro atoms. The fourth-order valence-corrected chi connectivity index (χ4v) is 4.98. The Labute approximate surface area is 193 Å². The molecular weight excluding hydrogens is 416 g/mol. The van der Waals surface area contributed by atoms with Crippen LogP contribution < -0.4 is 0 Å². The summed E-state index contributed by atoms with van der Waals surface area (Å²) in [5, 5.41) is 30.9. The van der Waals surface area contributed by atoms with E-state index in [0.717, 1.165) is 16.7 Å². The van der Waals surface area contributed by atoms with Crippen molar-refractivity contribution in [3.05, 3.63) is 76.6 Å². The maximum absolute atomic E-state index is 12.9. The lowest BCUT2D eigenvalue weighted by atomic mass is 9.88. The standard InChI is InChI=1S/C27H28N2O4/c1-16-24(31)9-8-23(28-16)27(33)29-11-10-18(14-29)26-20(15-30)12-19(13-25(26)32)22-5-3-2-4-21(22)17-6-7-17/h2-5,8-9,12-13,17-18,30-32H,6-7,10-11,14-15H2,1H3. The van der Waals surface area contributed by atoms with E-state index < -0.39 is 0 Å². The van der Waals surface area contributed by atoms with Crippen molar-refractivity contribution < 1.29 is 20.1 Å². The minimum absolute atomic E-state index is 0.0618. The van der Waals surface area contributed by atoms with Gasteiger partial charge in [-0.05, 0) is 78.6 Å². The van der Waals surface area contributed by atoms with Crippen LogP contribution in [0.2, 0.25) is 0 Å². The Morgan fingerprint density at radius 1 is 1.03 bits per heavy atom. The van der Waals surface area contributed by atoms with Crippen LogP contribution in [-0.4, -0.2) is 44.2 Å². The molecule has 1 unspecified atom stereocenters. The van der Waals surface area contributed by atoms with Crippen molar-refractivity contribution in [3.8, 4) is 22.6 Å². The molecule has 1 saturated heterocycles. The number of pyridine rings is 1. The predicted octanol–water partition coefficient (Wildman–Crippen LogP) is 4.47. The van der Waals surface area contributed by atoms with Crippen LogP contribution >= 0.6 is 0 Å².